The number of imidazole rings is 1. The highest BCUT2D eigenvalue weighted by atomic mass is 127. The summed E-state index contributed by atoms with van der Waals surface area (Å²) in [5.41, 5.74) is 1.09. The third kappa shape index (κ3) is 5.31. The standard InChI is InChI=1S/C18H29BFIN2O3Si/c1-14-16(12-23-9-8-22-15(23)2)17(19(24)25,6-7-18(14,20)21)13-26-10-11-27(3,4)5/h6-9,24-25H,10-13H2,1-5H3. The number of hydrogen-bond acceptors (Lipinski definition) is 4. The highest BCUT2D eigenvalue weighted by Gasteiger charge is 2.50. The van der Waals surface area contributed by atoms with E-state index in [0.717, 1.165) is 11.9 Å². The average Bonchev–Trinajstić information content (AvgIpc) is 2.94. The van der Waals surface area contributed by atoms with Gasteiger partial charge >= 0.3 is 7.12 Å². The van der Waals surface area contributed by atoms with E-state index in [0.29, 0.717) is 24.3 Å². The summed E-state index contributed by atoms with van der Waals surface area (Å²) in [4.78, 5) is 4.21. The smallest absolute Gasteiger partial charge is 0.426 e. The first-order valence-electron chi connectivity index (χ1n) is 9.09. The van der Waals surface area contributed by atoms with Crippen LogP contribution in [0.25, 0.3) is 0 Å². The van der Waals surface area contributed by atoms with Gasteiger partial charge in [-0.25, -0.2) is 9.37 Å². The zero-order valence-electron chi connectivity index (χ0n) is 16.7. The Morgan fingerprint density at radius 3 is 2.48 bits per heavy atom. The number of aromatic nitrogens is 2. The fraction of sp³-hybridized carbons (Fsp3) is 0.611. The highest BCUT2D eigenvalue weighted by molar-refractivity contribution is 14.1. The highest BCUT2D eigenvalue weighted by Crippen LogP contribution is 2.51. The SMILES string of the molecule is CC1=C(Cn2ccnc2C)C(COCC[Si](C)(C)C)(B(O)O)C=CC1(F)I. The van der Waals surface area contributed by atoms with Gasteiger partial charge in [-0.2, -0.15) is 0 Å². The predicted molar refractivity (Wildman–Crippen MR) is 119 cm³/mol. The minimum Gasteiger partial charge on any atom is -0.426 e. The molecule has 0 fully saturated rings. The molecule has 9 heteroatoms. The van der Waals surface area contributed by atoms with Gasteiger partial charge in [-0.3, -0.25) is 0 Å². The minimum absolute atomic E-state index is 0.0960. The van der Waals surface area contributed by atoms with E-state index in [1.165, 1.54) is 6.08 Å². The van der Waals surface area contributed by atoms with Gasteiger partial charge in [0.05, 0.1) is 11.9 Å². The van der Waals surface area contributed by atoms with Crippen LogP contribution in [0.3, 0.4) is 0 Å². The van der Waals surface area contributed by atoms with E-state index in [9.17, 15) is 10.0 Å². The molecule has 0 aromatic carbocycles. The summed E-state index contributed by atoms with van der Waals surface area (Å²) in [5, 5.41) is 19.4. The Morgan fingerprint density at radius 1 is 1.30 bits per heavy atom. The number of aryl methyl sites for hydroxylation is 1. The lowest BCUT2D eigenvalue weighted by Gasteiger charge is -2.39. The summed E-state index contributed by atoms with van der Waals surface area (Å²) < 4.78 is 21.1. The summed E-state index contributed by atoms with van der Waals surface area (Å²) in [6.07, 6.45) is 6.45. The van der Waals surface area contributed by atoms with E-state index in [1.807, 2.05) is 17.7 Å². The van der Waals surface area contributed by atoms with E-state index in [-0.39, 0.29) is 6.61 Å². The summed E-state index contributed by atoms with van der Waals surface area (Å²) in [6.45, 7) is 11.3. The fourth-order valence-corrected chi connectivity index (χ4v) is 4.37. The van der Waals surface area contributed by atoms with E-state index < -0.39 is 24.2 Å². The molecule has 1 aromatic heterocycles. The van der Waals surface area contributed by atoms with Crippen LogP contribution in [-0.2, 0) is 11.3 Å². The minimum atomic E-state index is -1.69. The molecule has 0 bridgehead atoms. The summed E-state index contributed by atoms with van der Waals surface area (Å²) in [7, 11) is -2.95. The molecule has 27 heavy (non-hydrogen) atoms. The van der Waals surface area contributed by atoms with Crippen molar-refractivity contribution in [2.24, 2.45) is 0 Å². The van der Waals surface area contributed by atoms with Crippen LogP contribution in [0.4, 0.5) is 4.39 Å². The van der Waals surface area contributed by atoms with Gasteiger partial charge in [0, 0.05) is 33.6 Å². The molecule has 2 N–H and O–H groups in total. The van der Waals surface area contributed by atoms with Crippen molar-refractivity contribution in [3.05, 3.63) is 41.5 Å². The monoisotopic (exact) mass is 506 g/mol. The van der Waals surface area contributed by atoms with Gasteiger partial charge in [0.1, 0.15) is 5.82 Å². The largest absolute Gasteiger partial charge is 0.469 e. The Kier molecular flexibility index (Phi) is 7.16. The summed E-state index contributed by atoms with van der Waals surface area (Å²) in [6, 6.07) is 0.978. The van der Waals surface area contributed by atoms with Crippen LogP contribution in [-0.4, -0.2) is 51.7 Å². The molecule has 0 spiro atoms. The van der Waals surface area contributed by atoms with E-state index in [1.54, 1.807) is 41.8 Å². The average molecular weight is 506 g/mol. The van der Waals surface area contributed by atoms with Crippen LogP contribution in [0, 0.1) is 6.92 Å². The van der Waals surface area contributed by atoms with Gasteiger partial charge in [-0.05, 0) is 59.7 Å². The Bertz CT molecular complexity index is 730. The molecule has 2 atom stereocenters. The lowest BCUT2D eigenvalue weighted by atomic mass is 9.52. The van der Waals surface area contributed by atoms with Gasteiger partial charge in [0.15, 0.2) is 3.68 Å². The molecule has 2 rings (SSSR count). The molecule has 1 aliphatic carbocycles. The molecule has 1 heterocycles. The number of nitrogens with zero attached hydrogens (tertiary/aromatic N) is 2. The lowest BCUT2D eigenvalue weighted by molar-refractivity contribution is 0.123. The molecule has 1 aliphatic rings. The second-order valence-electron chi connectivity index (χ2n) is 8.44. The Balaban J connectivity index is 2.35. The summed E-state index contributed by atoms with van der Waals surface area (Å²) in [5.74, 6) is 0.781. The third-order valence-electron chi connectivity index (χ3n) is 5.15. The van der Waals surface area contributed by atoms with Gasteiger partial charge in [0.25, 0.3) is 0 Å². The molecule has 0 saturated carbocycles. The Labute approximate surface area is 176 Å². The number of allylic oxidation sites excluding steroid dienone is 2. The van der Waals surface area contributed by atoms with Crippen LogP contribution in [0.15, 0.2) is 35.7 Å². The zero-order valence-corrected chi connectivity index (χ0v) is 19.8. The molecule has 150 valence electrons. The molecule has 2 unspecified atom stereocenters. The number of ether oxygens (including phenoxy) is 1. The van der Waals surface area contributed by atoms with Gasteiger partial charge in [0.2, 0.25) is 0 Å². The Morgan fingerprint density at radius 2 is 1.96 bits per heavy atom. The number of alkyl halides is 2. The van der Waals surface area contributed by atoms with Gasteiger partial charge in [-0.1, -0.05) is 25.7 Å². The van der Waals surface area contributed by atoms with Crippen LogP contribution in [0.5, 0.6) is 0 Å². The van der Waals surface area contributed by atoms with Crippen LogP contribution in [0.2, 0.25) is 31.0 Å². The van der Waals surface area contributed by atoms with Crippen LogP contribution in [0.1, 0.15) is 12.7 Å². The Hall–Kier alpha value is -0.488. The molecule has 0 amide bonds. The van der Waals surface area contributed by atoms with Crippen LogP contribution < -0.4 is 0 Å². The van der Waals surface area contributed by atoms with E-state index >= 15 is 4.39 Å². The van der Waals surface area contributed by atoms with E-state index in [2.05, 4.69) is 24.6 Å². The predicted octanol–water partition coefficient (Wildman–Crippen LogP) is 3.75. The first-order chi connectivity index (χ1) is 12.4. The van der Waals surface area contributed by atoms with Gasteiger partial charge < -0.3 is 19.4 Å². The normalized spacial score (nSPS) is 26.0. The van der Waals surface area contributed by atoms with Crippen molar-refractivity contribution in [3.8, 4) is 0 Å². The molecule has 0 aliphatic heterocycles. The second-order valence-corrected chi connectivity index (χ2v) is 15.6. The van der Waals surface area contributed by atoms with Crippen molar-refractivity contribution in [2.45, 2.75) is 55.1 Å². The molecular formula is C18H29BFIN2O3Si. The molecule has 5 nitrogen and oxygen atoms in total. The van der Waals surface area contributed by atoms with Crippen molar-refractivity contribution in [2.75, 3.05) is 13.2 Å². The topological polar surface area (TPSA) is 67.5 Å². The fourth-order valence-electron chi connectivity index (χ4n) is 3.11. The number of hydrogen-bond donors (Lipinski definition) is 2. The maximum atomic E-state index is 15.0. The number of halogens is 2. The van der Waals surface area contributed by atoms with Crippen molar-refractivity contribution < 1.29 is 19.2 Å². The first kappa shape index (κ1) is 22.8. The van der Waals surface area contributed by atoms with Crippen LogP contribution >= 0.6 is 22.6 Å². The maximum Gasteiger partial charge on any atom is 0.469 e. The lowest BCUT2D eigenvalue weighted by Crippen LogP contribution is -2.42. The van der Waals surface area contributed by atoms with E-state index in [4.69, 9.17) is 4.74 Å². The summed E-state index contributed by atoms with van der Waals surface area (Å²) >= 11 is 1.74. The zero-order chi connectivity index (χ0) is 20.5. The quantitative estimate of drug-likeness (QED) is 0.186. The number of rotatable bonds is 8. The molecule has 0 saturated heterocycles. The first-order valence-corrected chi connectivity index (χ1v) is 13.9. The van der Waals surface area contributed by atoms with Crippen molar-refractivity contribution in [1.29, 1.82) is 0 Å². The molecule has 1 aromatic rings. The van der Waals surface area contributed by atoms with Crippen molar-refractivity contribution >= 4 is 37.8 Å². The second kappa shape index (κ2) is 8.48. The van der Waals surface area contributed by atoms with Gasteiger partial charge in [-0.15, -0.1) is 0 Å². The van der Waals surface area contributed by atoms with Crippen molar-refractivity contribution in [1.82, 2.24) is 9.55 Å². The van der Waals surface area contributed by atoms with Crippen molar-refractivity contribution in [3.63, 3.8) is 0 Å². The maximum absolute atomic E-state index is 15.0. The third-order valence-corrected chi connectivity index (χ3v) is 8.03. The molecular weight excluding hydrogens is 477 g/mol. The molecule has 0 radical (unpaired) electrons.